The monoisotopic (exact) mass is 620 g/mol. The van der Waals surface area contributed by atoms with Crippen LogP contribution < -0.4 is 0 Å². The molecule has 2 aromatic heterocycles. The molecule has 2 bridgehead atoms. The topological polar surface area (TPSA) is 84.1 Å². The number of nitrogens with zero attached hydrogens (tertiary/aromatic N) is 5. The molecular weight excluding hydrogens is 575 g/mol. The Kier molecular flexibility index (Phi) is 6.24. The minimum atomic E-state index is -2.66. The van der Waals surface area contributed by atoms with Crippen LogP contribution in [0.25, 0.3) is 22.2 Å². The molecular formula is C37H43N5O2Si. The summed E-state index contributed by atoms with van der Waals surface area (Å²) in [6, 6.07) is 10.4. The van der Waals surface area contributed by atoms with Gasteiger partial charge >= 0.3 is 0 Å². The number of carbonyl (C=O) groups is 1. The summed E-state index contributed by atoms with van der Waals surface area (Å²) in [6.45, 7) is 11.0. The largest absolute Gasteiger partial charge is 0.382 e. The minimum Gasteiger partial charge on any atom is -0.382 e. The summed E-state index contributed by atoms with van der Waals surface area (Å²) in [4.78, 5) is 29.2. The van der Waals surface area contributed by atoms with Gasteiger partial charge in [0, 0.05) is 52.2 Å². The quantitative estimate of drug-likeness (QED) is 0.184. The van der Waals surface area contributed by atoms with Gasteiger partial charge in [0.2, 0.25) is 0 Å². The summed E-state index contributed by atoms with van der Waals surface area (Å²) in [5, 5.41) is 10.7. The summed E-state index contributed by atoms with van der Waals surface area (Å²) in [7, 11) is -2.11. The normalized spacial score (nSPS) is 21.5. The lowest BCUT2D eigenvalue weighted by atomic mass is 9.79. The van der Waals surface area contributed by atoms with Gasteiger partial charge in [-0.25, -0.2) is 15.0 Å². The van der Waals surface area contributed by atoms with Crippen molar-refractivity contribution in [2.45, 2.75) is 102 Å². The van der Waals surface area contributed by atoms with Crippen LogP contribution in [-0.2, 0) is 5.60 Å². The van der Waals surface area contributed by atoms with Gasteiger partial charge in [0.05, 0.1) is 23.1 Å². The summed E-state index contributed by atoms with van der Waals surface area (Å²) in [5.74, 6) is 4.12. The molecule has 0 unspecified atom stereocenters. The van der Waals surface area contributed by atoms with Gasteiger partial charge in [-0.15, -0.1) is 5.54 Å². The van der Waals surface area contributed by atoms with Gasteiger partial charge in [-0.2, -0.15) is 0 Å². The molecule has 7 nitrogen and oxygen atoms in total. The zero-order chi connectivity index (χ0) is 34.3. The SMILES string of the molecule is [2H]C([2H])([2H])N1C(=O)c2cccc(C#C[Si](C(C)C)(C(C)C)C(C)C)c2[C@H]2C[C@@H]1c1nc3ccc(-c4cnc(C5(O)CCC5)nc4)cc3n12. The Labute approximate surface area is 271 Å². The van der Waals surface area contributed by atoms with Gasteiger partial charge in [0.25, 0.3) is 5.91 Å². The van der Waals surface area contributed by atoms with E-state index in [4.69, 9.17) is 9.10 Å². The van der Waals surface area contributed by atoms with E-state index < -0.39 is 32.6 Å². The Morgan fingerprint density at radius 2 is 1.71 bits per heavy atom. The highest BCUT2D eigenvalue weighted by Crippen LogP contribution is 2.49. The molecule has 4 aromatic rings. The van der Waals surface area contributed by atoms with E-state index in [0.29, 0.717) is 53.1 Å². The highest BCUT2D eigenvalue weighted by atomic mass is 28.3. The average molecular weight is 621 g/mol. The summed E-state index contributed by atoms with van der Waals surface area (Å²) in [6.07, 6.45) is 6.19. The fourth-order valence-corrected chi connectivity index (χ4v) is 13.5. The Morgan fingerprint density at radius 3 is 2.33 bits per heavy atom. The predicted molar refractivity (Wildman–Crippen MR) is 180 cm³/mol. The van der Waals surface area contributed by atoms with Crippen molar-refractivity contribution in [1.82, 2.24) is 24.4 Å². The van der Waals surface area contributed by atoms with Crippen molar-refractivity contribution in [2.75, 3.05) is 6.98 Å². The van der Waals surface area contributed by atoms with E-state index in [-0.39, 0.29) is 6.04 Å². The first kappa shape index (κ1) is 26.4. The summed E-state index contributed by atoms with van der Waals surface area (Å²) in [5.41, 5.74) is 9.41. The molecule has 0 radical (unpaired) electrons. The summed E-state index contributed by atoms with van der Waals surface area (Å²) < 4.78 is 27.5. The first-order valence-corrected chi connectivity index (χ1v) is 18.5. The van der Waals surface area contributed by atoms with E-state index in [1.54, 1.807) is 18.5 Å². The molecule has 45 heavy (non-hydrogen) atoms. The van der Waals surface area contributed by atoms with Crippen molar-refractivity contribution in [3.63, 3.8) is 0 Å². The fraction of sp³-hybridized carbons (Fsp3) is 0.459. The molecule has 1 saturated carbocycles. The Morgan fingerprint density at radius 1 is 1.00 bits per heavy atom. The highest BCUT2D eigenvalue weighted by molar-refractivity contribution is 6.90. The van der Waals surface area contributed by atoms with E-state index >= 15 is 0 Å². The Bertz CT molecular complexity index is 1960. The van der Waals surface area contributed by atoms with Crippen molar-refractivity contribution in [3.05, 3.63) is 77.1 Å². The molecule has 4 heterocycles. The first-order valence-electron chi connectivity index (χ1n) is 17.7. The predicted octanol–water partition coefficient (Wildman–Crippen LogP) is 7.55. The molecule has 2 aromatic carbocycles. The number of rotatable bonds is 5. The van der Waals surface area contributed by atoms with Crippen LogP contribution in [0.4, 0.5) is 0 Å². The molecule has 0 saturated heterocycles. The molecule has 7 rings (SSSR count). The molecule has 8 heteroatoms. The molecule has 1 aliphatic carbocycles. The van der Waals surface area contributed by atoms with Gasteiger partial charge in [-0.05, 0) is 65.7 Å². The number of amides is 1. The molecule has 0 spiro atoms. The number of fused-ring (bicyclic) bond motifs is 9. The molecule has 1 amide bonds. The standard InChI is InChI=1S/C37H43N5O2Si/c1-22(2)45(23(3)4,24(5)6)17-14-25-10-8-11-28-33(25)31-19-32(41(7)35(28)43)34-40-29-13-12-26(18-30(29)42(31)34)27-20-38-36(39-21-27)37(44)15-9-16-37/h8,10-13,18,20-24,31-32,44H,9,15-16,19H2,1-7H3/t31-,32-/m1/s1/i7D3. The van der Waals surface area contributed by atoms with E-state index in [0.717, 1.165) is 44.6 Å². The third-order valence-electron chi connectivity index (χ3n) is 10.8. The zero-order valence-corrected chi connectivity index (χ0v) is 27.9. The van der Waals surface area contributed by atoms with Crippen molar-refractivity contribution in [2.24, 2.45) is 0 Å². The second kappa shape index (κ2) is 10.6. The Balaban J connectivity index is 1.41. The molecule has 232 valence electrons. The van der Waals surface area contributed by atoms with Crippen LogP contribution in [-0.4, -0.2) is 50.5 Å². The van der Waals surface area contributed by atoms with Gasteiger partial charge in [-0.1, -0.05) is 59.6 Å². The van der Waals surface area contributed by atoms with Crippen LogP contribution in [0.15, 0.2) is 48.8 Å². The number of aromatic nitrogens is 4. The van der Waals surface area contributed by atoms with Crippen LogP contribution in [0, 0.1) is 11.5 Å². The van der Waals surface area contributed by atoms with E-state index in [1.165, 1.54) is 0 Å². The second-order valence-electron chi connectivity index (χ2n) is 14.1. The molecule has 1 fully saturated rings. The minimum absolute atomic E-state index is 0.332. The van der Waals surface area contributed by atoms with Crippen molar-refractivity contribution in [3.8, 4) is 22.6 Å². The molecule has 1 N–H and O–H groups in total. The number of imidazole rings is 1. The molecule has 2 aliphatic heterocycles. The smallest absolute Gasteiger partial charge is 0.254 e. The number of hydrogen-bond acceptors (Lipinski definition) is 5. The summed E-state index contributed by atoms with van der Waals surface area (Å²) >= 11 is 0. The fourth-order valence-electron chi connectivity index (χ4n) is 8.30. The highest BCUT2D eigenvalue weighted by Gasteiger charge is 2.45. The van der Waals surface area contributed by atoms with Gasteiger partial charge in [0.15, 0.2) is 5.82 Å². The second-order valence-corrected chi connectivity index (χ2v) is 19.7. The van der Waals surface area contributed by atoms with Crippen molar-refractivity contribution < 1.29 is 14.0 Å². The van der Waals surface area contributed by atoms with Crippen molar-refractivity contribution in [1.29, 1.82) is 0 Å². The number of aliphatic hydroxyl groups is 1. The maximum atomic E-state index is 14.2. The number of hydrogen-bond donors (Lipinski definition) is 1. The van der Waals surface area contributed by atoms with E-state index in [2.05, 4.69) is 67.5 Å². The van der Waals surface area contributed by atoms with Crippen LogP contribution in [0.5, 0.6) is 0 Å². The number of benzene rings is 2. The van der Waals surface area contributed by atoms with Crippen LogP contribution >= 0.6 is 0 Å². The lowest BCUT2D eigenvalue weighted by Gasteiger charge is -2.38. The van der Waals surface area contributed by atoms with E-state index in [9.17, 15) is 9.90 Å². The van der Waals surface area contributed by atoms with E-state index in [1.807, 2.05) is 30.3 Å². The van der Waals surface area contributed by atoms with Crippen molar-refractivity contribution >= 4 is 25.0 Å². The lowest BCUT2D eigenvalue weighted by Crippen LogP contribution is -2.43. The van der Waals surface area contributed by atoms with Crippen LogP contribution in [0.3, 0.4) is 0 Å². The first-order chi connectivity index (χ1) is 22.7. The van der Waals surface area contributed by atoms with Gasteiger partial charge < -0.3 is 14.6 Å². The average Bonchev–Trinajstić information content (AvgIpc) is 3.52. The van der Waals surface area contributed by atoms with Crippen LogP contribution in [0.1, 0.15) is 117 Å². The van der Waals surface area contributed by atoms with Gasteiger partial charge in [-0.3, -0.25) is 4.79 Å². The van der Waals surface area contributed by atoms with Crippen LogP contribution in [0.2, 0.25) is 16.6 Å². The third kappa shape index (κ3) is 4.42. The van der Waals surface area contributed by atoms with Gasteiger partial charge in [0.1, 0.15) is 19.5 Å². The molecule has 3 aliphatic rings. The molecule has 2 atom stereocenters. The lowest BCUT2D eigenvalue weighted by molar-refractivity contribution is -0.0467. The maximum Gasteiger partial charge on any atom is 0.254 e. The zero-order valence-electron chi connectivity index (χ0n) is 29.9. The maximum absolute atomic E-state index is 14.2. The number of carbonyl (C=O) groups excluding carboxylic acids is 1. The Hall–Kier alpha value is -3.80. The third-order valence-corrected chi connectivity index (χ3v) is 17.1.